The molecule has 3 N–H and O–H groups in total. The summed E-state index contributed by atoms with van der Waals surface area (Å²) in [6.45, 7) is 5.58. The van der Waals surface area contributed by atoms with Gasteiger partial charge in [-0.3, -0.25) is 0 Å². The highest BCUT2D eigenvalue weighted by Gasteiger charge is 2.22. The minimum absolute atomic E-state index is 0.0428. The average molecular weight is 389 g/mol. The van der Waals surface area contributed by atoms with E-state index in [1.165, 1.54) is 18.2 Å². The molecule has 24 heavy (non-hydrogen) atoms. The van der Waals surface area contributed by atoms with Crippen molar-refractivity contribution in [3.8, 4) is 0 Å². The summed E-state index contributed by atoms with van der Waals surface area (Å²) < 4.78 is 47.8. The van der Waals surface area contributed by atoms with Crippen molar-refractivity contribution in [3.63, 3.8) is 0 Å². The summed E-state index contributed by atoms with van der Waals surface area (Å²) in [6.07, 6.45) is 0. The molecule has 2 aromatic rings. The molecule has 6 nitrogen and oxygen atoms in total. The van der Waals surface area contributed by atoms with Crippen molar-refractivity contribution >= 4 is 31.2 Å². The first-order valence-corrected chi connectivity index (χ1v) is 11.1. The summed E-state index contributed by atoms with van der Waals surface area (Å²) in [7, 11) is -7.68. The Labute approximate surface area is 146 Å². The van der Waals surface area contributed by atoms with Gasteiger partial charge in [0, 0.05) is 6.54 Å². The summed E-state index contributed by atoms with van der Waals surface area (Å²) in [4.78, 5) is 0.133. The van der Waals surface area contributed by atoms with Crippen molar-refractivity contribution in [2.24, 2.45) is 11.1 Å². The van der Waals surface area contributed by atoms with E-state index in [1.807, 2.05) is 6.07 Å². The van der Waals surface area contributed by atoms with E-state index in [0.717, 1.165) is 12.1 Å². The van der Waals surface area contributed by atoms with Crippen molar-refractivity contribution in [1.82, 2.24) is 5.32 Å². The first-order chi connectivity index (χ1) is 11.1. The normalized spacial score (nSPS) is 12.7. The van der Waals surface area contributed by atoms with Crippen LogP contribution in [0.3, 0.4) is 0 Å². The summed E-state index contributed by atoms with van der Waals surface area (Å²) in [6, 6.07) is 9.09. The predicted octanol–water partition coefficient (Wildman–Crippen LogP) is 1.97. The summed E-state index contributed by atoms with van der Waals surface area (Å²) in [5, 5.41) is 8.29. The van der Waals surface area contributed by atoms with E-state index in [2.05, 4.69) is 19.2 Å². The van der Waals surface area contributed by atoms with Gasteiger partial charge in [0.15, 0.2) is 0 Å². The van der Waals surface area contributed by atoms with Crippen LogP contribution in [0.25, 0.3) is 0 Å². The van der Waals surface area contributed by atoms with Gasteiger partial charge in [-0.1, -0.05) is 26.0 Å². The molecule has 0 aliphatic heterocycles. The maximum absolute atomic E-state index is 12.7. The molecule has 0 amide bonds. The molecule has 1 heterocycles. The van der Waals surface area contributed by atoms with Crippen molar-refractivity contribution < 1.29 is 16.8 Å². The number of rotatable bonds is 7. The van der Waals surface area contributed by atoms with Crippen LogP contribution in [0.5, 0.6) is 0 Å². The van der Waals surface area contributed by atoms with E-state index in [-0.39, 0.29) is 13.3 Å². The number of sulfone groups is 1. The van der Waals surface area contributed by atoms with Gasteiger partial charge in [-0.05, 0) is 42.3 Å². The Hall–Kier alpha value is -1.26. The molecule has 0 aliphatic rings. The number of sulfonamides is 1. The second-order valence-electron chi connectivity index (χ2n) is 5.79. The molecule has 2 rings (SSSR count). The Morgan fingerprint density at radius 1 is 1.08 bits per heavy atom. The minimum atomic E-state index is -3.91. The highest BCUT2D eigenvalue weighted by atomic mass is 32.3. The lowest BCUT2D eigenvalue weighted by atomic mass is 10.2. The Balaban J connectivity index is 2.28. The Kier molecular flexibility index (Phi) is 5.82. The molecule has 132 valence electrons. The highest BCUT2D eigenvalue weighted by molar-refractivity contribution is 7.95. The van der Waals surface area contributed by atoms with Crippen molar-refractivity contribution in [2.75, 3.05) is 6.54 Å². The molecule has 0 bridgehead atoms. The zero-order valence-corrected chi connectivity index (χ0v) is 15.8. The van der Waals surface area contributed by atoms with Gasteiger partial charge in [-0.25, -0.2) is 22.0 Å². The Bertz CT molecular complexity index is 916. The van der Waals surface area contributed by atoms with E-state index in [4.69, 9.17) is 5.14 Å². The van der Waals surface area contributed by atoms with Crippen LogP contribution in [0.1, 0.15) is 19.4 Å². The first kappa shape index (κ1) is 19.1. The molecule has 0 fully saturated rings. The third-order valence-corrected chi connectivity index (χ3v) is 7.96. The average Bonchev–Trinajstić information content (AvgIpc) is 2.98. The SMILES string of the molecule is CC(C)CNCc1cccc(S(=O)(=O)c2ccc(S(N)(=O)=O)s2)c1. The smallest absolute Gasteiger partial charge is 0.247 e. The van der Waals surface area contributed by atoms with Crippen LogP contribution in [0.2, 0.25) is 0 Å². The number of benzene rings is 1. The van der Waals surface area contributed by atoms with Crippen LogP contribution in [0.4, 0.5) is 0 Å². The number of nitrogens with two attached hydrogens (primary N) is 1. The summed E-state index contributed by atoms with van der Waals surface area (Å²) in [5.41, 5.74) is 0.847. The first-order valence-electron chi connectivity index (χ1n) is 7.28. The molecular weight excluding hydrogens is 368 g/mol. The maximum atomic E-state index is 12.7. The third kappa shape index (κ3) is 4.64. The fourth-order valence-corrected chi connectivity index (χ4v) is 5.71. The zero-order chi connectivity index (χ0) is 18.0. The Morgan fingerprint density at radius 2 is 1.75 bits per heavy atom. The topological polar surface area (TPSA) is 106 Å². The van der Waals surface area contributed by atoms with Crippen LogP contribution in [-0.2, 0) is 26.4 Å². The lowest BCUT2D eigenvalue weighted by Gasteiger charge is -2.09. The molecule has 0 saturated carbocycles. The molecule has 0 aliphatic carbocycles. The summed E-state index contributed by atoms with van der Waals surface area (Å²) >= 11 is 0.653. The van der Waals surface area contributed by atoms with Crippen LogP contribution >= 0.6 is 11.3 Å². The fourth-order valence-electron chi connectivity index (χ4n) is 2.04. The van der Waals surface area contributed by atoms with Gasteiger partial charge in [0.25, 0.3) is 0 Å². The van der Waals surface area contributed by atoms with Gasteiger partial charge >= 0.3 is 0 Å². The third-order valence-electron chi connectivity index (χ3n) is 3.19. The van der Waals surface area contributed by atoms with Gasteiger partial charge in [0.05, 0.1) is 4.90 Å². The number of primary sulfonamides is 1. The second kappa shape index (κ2) is 7.32. The van der Waals surface area contributed by atoms with Gasteiger partial charge in [0.1, 0.15) is 8.42 Å². The zero-order valence-electron chi connectivity index (χ0n) is 13.4. The predicted molar refractivity (Wildman–Crippen MR) is 94.1 cm³/mol. The highest BCUT2D eigenvalue weighted by Crippen LogP contribution is 2.30. The monoisotopic (exact) mass is 388 g/mol. The fraction of sp³-hybridized carbons (Fsp3) is 0.333. The lowest BCUT2D eigenvalue weighted by molar-refractivity contribution is 0.552. The largest absolute Gasteiger partial charge is 0.312 e. The van der Waals surface area contributed by atoms with Gasteiger partial charge in [-0.2, -0.15) is 0 Å². The molecular formula is C15H20N2O4S3. The molecule has 9 heteroatoms. The molecule has 1 aromatic heterocycles. The molecule has 0 unspecified atom stereocenters. The van der Waals surface area contributed by atoms with Crippen molar-refractivity contribution in [3.05, 3.63) is 42.0 Å². The standard InChI is InChI=1S/C15H20N2O4S3/c1-11(2)9-17-10-12-4-3-5-13(8-12)23(18,19)14-6-7-15(22-14)24(16,20)21/h3-8,11,17H,9-10H2,1-2H3,(H2,16,20,21). The lowest BCUT2D eigenvalue weighted by Crippen LogP contribution is -2.19. The Morgan fingerprint density at radius 3 is 2.33 bits per heavy atom. The van der Waals surface area contributed by atoms with E-state index in [1.54, 1.807) is 12.1 Å². The van der Waals surface area contributed by atoms with Gasteiger partial charge in [0.2, 0.25) is 19.9 Å². The van der Waals surface area contributed by atoms with Crippen LogP contribution < -0.4 is 10.5 Å². The number of nitrogens with one attached hydrogen (secondary N) is 1. The van der Waals surface area contributed by atoms with Crippen molar-refractivity contribution in [2.45, 2.75) is 33.7 Å². The molecule has 0 spiro atoms. The van der Waals surface area contributed by atoms with Crippen LogP contribution in [-0.4, -0.2) is 23.4 Å². The minimum Gasteiger partial charge on any atom is -0.312 e. The van der Waals surface area contributed by atoms with Gasteiger partial charge in [-0.15, -0.1) is 11.3 Å². The van der Waals surface area contributed by atoms with E-state index < -0.39 is 19.9 Å². The van der Waals surface area contributed by atoms with Crippen LogP contribution in [0.15, 0.2) is 49.7 Å². The summed E-state index contributed by atoms with van der Waals surface area (Å²) in [5.74, 6) is 0.500. The maximum Gasteiger partial charge on any atom is 0.247 e. The quantitative estimate of drug-likeness (QED) is 0.754. The van der Waals surface area contributed by atoms with E-state index in [0.29, 0.717) is 23.8 Å². The van der Waals surface area contributed by atoms with E-state index in [9.17, 15) is 16.8 Å². The second-order valence-corrected chi connectivity index (χ2v) is 10.8. The van der Waals surface area contributed by atoms with Crippen LogP contribution in [0, 0.1) is 5.92 Å². The number of hydrogen-bond acceptors (Lipinski definition) is 6. The molecule has 0 saturated heterocycles. The van der Waals surface area contributed by atoms with Crippen molar-refractivity contribution in [1.29, 1.82) is 0 Å². The molecule has 0 atom stereocenters. The molecule has 1 aromatic carbocycles. The number of thiophene rings is 1. The number of hydrogen-bond donors (Lipinski definition) is 2. The van der Waals surface area contributed by atoms with Gasteiger partial charge < -0.3 is 5.32 Å². The molecule has 0 radical (unpaired) electrons. The van der Waals surface area contributed by atoms with E-state index >= 15 is 0 Å².